The average molecular weight is 349 g/mol. The molecule has 0 spiro atoms. The maximum atomic E-state index is 4.34. The summed E-state index contributed by atoms with van der Waals surface area (Å²) < 4.78 is 0. The Morgan fingerprint density at radius 3 is 1.41 bits per heavy atom. The first kappa shape index (κ1) is 16.8. The zero-order valence-electron chi connectivity index (χ0n) is 14.9. The summed E-state index contributed by atoms with van der Waals surface area (Å²) in [5.41, 5.74) is 7.09. The van der Waals surface area contributed by atoms with E-state index < -0.39 is 0 Å². The molecule has 27 heavy (non-hydrogen) atoms. The molecule has 2 aromatic heterocycles. The SMILES string of the molecule is C[C]=C(c1ccc(-c2cnccn2)cc1)c1ccc(-c2cnccn2)cc1. The lowest BCUT2D eigenvalue weighted by Gasteiger charge is -2.10. The molecule has 0 aliphatic carbocycles. The molecule has 0 saturated heterocycles. The van der Waals surface area contributed by atoms with Gasteiger partial charge in [0.25, 0.3) is 0 Å². The molecule has 0 bridgehead atoms. The third-order valence-electron chi connectivity index (χ3n) is 4.32. The number of hydrogen-bond donors (Lipinski definition) is 0. The van der Waals surface area contributed by atoms with Crippen molar-refractivity contribution >= 4 is 5.57 Å². The van der Waals surface area contributed by atoms with Gasteiger partial charge in [-0.3, -0.25) is 19.9 Å². The van der Waals surface area contributed by atoms with E-state index >= 15 is 0 Å². The quantitative estimate of drug-likeness (QED) is 0.528. The van der Waals surface area contributed by atoms with Crippen molar-refractivity contribution in [1.82, 2.24) is 19.9 Å². The lowest BCUT2D eigenvalue weighted by molar-refractivity contribution is 1.20. The predicted molar refractivity (Wildman–Crippen MR) is 106 cm³/mol. The summed E-state index contributed by atoms with van der Waals surface area (Å²) in [6, 6.07) is 16.6. The van der Waals surface area contributed by atoms with Gasteiger partial charge in [0, 0.05) is 35.9 Å². The second-order valence-corrected chi connectivity index (χ2v) is 5.96. The van der Waals surface area contributed by atoms with Gasteiger partial charge in [0.2, 0.25) is 0 Å². The van der Waals surface area contributed by atoms with Crippen LogP contribution in [0.2, 0.25) is 0 Å². The average Bonchev–Trinajstić information content (AvgIpc) is 2.76. The highest BCUT2D eigenvalue weighted by atomic mass is 14.8. The molecule has 129 valence electrons. The van der Waals surface area contributed by atoms with Gasteiger partial charge < -0.3 is 0 Å². The van der Waals surface area contributed by atoms with Gasteiger partial charge in [-0.2, -0.15) is 0 Å². The van der Waals surface area contributed by atoms with Crippen molar-refractivity contribution in [2.75, 3.05) is 0 Å². The van der Waals surface area contributed by atoms with Gasteiger partial charge >= 0.3 is 0 Å². The van der Waals surface area contributed by atoms with Crippen LogP contribution >= 0.6 is 0 Å². The molecule has 4 aromatic rings. The third kappa shape index (κ3) is 3.65. The zero-order chi connectivity index (χ0) is 18.5. The van der Waals surface area contributed by atoms with Crippen molar-refractivity contribution in [1.29, 1.82) is 0 Å². The fourth-order valence-electron chi connectivity index (χ4n) is 2.97. The molecule has 0 aliphatic heterocycles. The molecule has 0 saturated carbocycles. The first-order valence-corrected chi connectivity index (χ1v) is 8.63. The van der Waals surface area contributed by atoms with E-state index in [1.165, 1.54) is 0 Å². The molecular weight excluding hydrogens is 332 g/mol. The van der Waals surface area contributed by atoms with Gasteiger partial charge in [0.05, 0.1) is 23.8 Å². The van der Waals surface area contributed by atoms with Crippen LogP contribution in [0, 0.1) is 6.08 Å². The number of rotatable bonds is 4. The van der Waals surface area contributed by atoms with Crippen LogP contribution in [-0.4, -0.2) is 19.9 Å². The molecule has 2 heterocycles. The van der Waals surface area contributed by atoms with E-state index in [2.05, 4.69) is 74.5 Å². The van der Waals surface area contributed by atoms with Gasteiger partial charge in [-0.15, -0.1) is 0 Å². The summed E-state index contributed by atoms with van der Waals surface area (Å²) in [6.07, 6.45) is 13.6. The zero-order valence-corrected chi connectivity index (χ0v) is 14.9. The normalized spacial score (nSPS) is 10.4. The Morgan fingerprint density at radius 2 is 1.07 bits per heavy atom. The van der Waals surface area contributed by atoms with Gasteiger partial charge in [-0.1, -0.05) is 48.5 Å². The Hall–Kier alpha value is -3.66. The maximum Gasteiger partial charge on any atom is 0.0885 e. The van der Waals surface area contributed by atoms with Gasteiger partial charge in [0.15, 0.2) is 0 Å². The Labute approximate surface area is 158 Å². The summed E-state index contributed by atoms with van der Waals surface area (Å²) in [5, 5.41) is 0. The van der Waals surface area contributed by atoms with Crippen LogP contribution in [0.5, 0.6) is 0 Å². The van der Waals surface area contributed by atoms with Crippen LogP contribution < -0.4 is 0 Å². The summed E-state index contributed by atoms with van der Waals surface area (Å²) in [5.74, 6) is 0. The molecule has 4 rings (SSSR count). The second kappa shape index (κ2) is 7.70. The minimum Gasteiger partial charge on any atom is -0.261 e. The van der Waals surface area contributed by atoms with E-state index in [0.717, 1.165) is 39.2 Å². The van der Waals surface area contributed by atoms with E-state index in [-0.39, 0.29) is 0 Å². The number of aromatic nitrogens is 4. The van der Waals surface area contributed by atoms with Crippen LogP contribution in [0.25, 0.3) is 28.1 Å². The molecule has 0 N–H and O–H groups in total. The minimum atomic E-state index is 0.864. The van der Waals surface area contributed by atoms with Gasteiger partial charge in [-0.25, -0.2) is 0 Å². The molecule has 4 heteroatoms. The Kier molecular flexibility index (Phi) is 4.79. The van der Waals surface area contributed by atoms with E-state index in [9.17, 15) is 0 Å². The number of nitrogens with zero attached hydrogens (tertiary/aromatic N) is 4. The van der Waals surface area contributed by atoms with Crippen LogP contribution in [0.1, 0.15) is 18.1 Å². The standard InChI is InChI=1S/C23H17N4/c1-2-21(17-3-7-19(8-4-17)22-15-24-11-13-26-22)18-5-9-20(10-6-18)23-16-25-12-14-27-23/h3-16H,1H3. The van der Waals surface area contributed by atoms with Gasteiger partial charge in [-0.05, 0) is 29.7 Å². The smallest absolute Gasteiger partial charge is 0.0885 e. The first-order chi connectivity index (χ1) is 13.3. The number of benzene rings is 2. The molecule has 2 aromatic carbocycles. The molecule has 0 aliphatic rings. The molecule has 0 fully saturated rings. The first-order valence-electron chi connectivity index (χ1n) is 8.63. The lowest BCUT2D eigenvalue weighted by atomic mass is 9.95. The van der Waals surface area contributed by atoms with Crippen molar-refractivity contribution in [3.8, 4) is 22.5 Å². The topological polar surface area (TPSA) is 51.6 Å². The fraction of sp³-hybridized carbons (Fsp3) is 0.0435. The minimum absolute atomic E-state index is 0.864. The Balaban J connectivity index is 1.61. The molecule has 0 atom stereocenters. The largest absolute Gasteiger partial charge is 0.261 e. The Bertz CT molecular complexity index is 954. The molecule has 1 radical (unpaired) electrons. The fourth-order valence-corrected chi connectivity index (χ4v) is 2.97. The van der Waals surface area contributed by atoms with Crippen molar-refractivity contribution in [3.05, 3.63) is 103 Å². The number of hydrogen-bond acceptors (Lipinski definition) is 4. The molecule has 0 unspecified atom stereocenters. The second-order valence-electron chi connectivity index (χ2n) is 5.96. The summed E-state index contributed by atoms with van der Waals surface area (Å²) in [7, 11) is 0. The maximum absolute atomic E-state index is 4.34. The van der Waals surface area contributed by atoms with E-state index in [1.807, 2.05) is 6.92 Å². The number of allylic oxidation sites excluding steroid dienone is 1. The van der Waals surface area contributed by atoms with Crippen molar-refractivity contribution in [2.45, 2.75) is 6.92 Å². The highest BCUT2D eigenvalue weighted by Gasteiger charge is 2.07. The van der Waals surface area contributed by atoms with Gasteiger partial charge in [0.1, 0.15) is 0 Å². The van der Waals surface area contributed by atoms with E-state index in [0.29, 0.717) is 0 Å². The highest BCUT2D eigenvalue weighted by molar-refractivity contribution is 5.80. The molecular formula is C23H17N4. The molecule has 4 nitrogen and oxygen atoms in total. The molecule has 0 amide bonds. The monoisotopic (exact) mass is 349 g/mol. The van der Waals surface area contributed by atoms with Crippen LogP contribution in [0.4, 0.5) is 0 Å². The van der Waals surface area contributed by atoms with Crippen molar-refractivity contribution < 1.29 is 0 Å². The Morgan fingerprint density at radius 1 is 0.630 bits per heavy atom. The lowest BCUT2D eigenvalue weighted by Crippen LogP contribution is -1.90. The summed E-state index contributed by atoms with van der Waals surface area (Å²) in [4.78, 5) is 16.9. The van der Waals surface area contributed by atoms with Crippen LogP contribution in [0.15, 0.2) is 85.7 Å². The van der Waals surface area contributed by atoms with Crippen molar-refractivity contribution in [3.63, 3.8) is 0 Å². The highest BCUT2D eigenvalue weighted by Crippen LogP contribution is 2.27. The summed E-state index contributed by atoms with van der Waals surface area (Å²) >= 11 is 0. The van der Waals surface area contributed by atoms with Crippen LogP contribution in [0.3, 0.4) is 0 Å². The summed E-state index contributed by atoms with van der Waals surface area (Å²) in [6.45, 7) is 1.93. The van der Waals surface area contributed by atoms with Crippen LogP contribution in [-0.2, 0) is 0 Å². The van der Waals surface area contributed by atoms with E-state index in [1.54, 1.807) is 37.2 Å². The van der Waals surface area contributed by atoms with Crippen molar-refractivity contribution in [2.24, 2.45) is 0 Å². The predicted octanol–water partition coefficient (Wildman–Crippen LogP) is 4.86. The third-order valence-corrected chi connectivity index (χ3v) is 4.32. The van der Waals surface area contributed by atoms with E-state index in [4.69, 9.17) is 0 Å².